The number of anilines is 2. The van der Waals surface area contributed by atoms with Crippen LogP contribution in [0, 0.1) is 5.92 Å². The van der Waals surface area contributed by atoms with Crippen LogP contribution in [0.4, 0.5) is 24.5 Å². The summed E-state index contributed by atoms with van der Waals surface area (Å²) in [6, 6.07) is 8.68. The Bertz CT molecular complexity index is 1080. The van der Waals surface area contributed by atoms with E-state index in [1.54, 1.807) is 11.0 Å². The second kappa shape index (κ2) is 7.90. The summed E-state index contributed by atoms with van der Waals surface area (Å²) in [5.41, 5.74) is 1.96. The van der Waals surface area contributed by atoms with Crippen LogP contribution in [-0.2, 0) is 34.3 Å². The van der Waals surface area contributed by atoms with Crippen LogP contribution in [0.5, 0.6) is 0 Å². The van der Waals surface area contributed by atoms with Crippen LogP contribution in [0.1, 0.15) is 49.7 Å². The summed E-state index contributed by atoms with van der Waals surface area (Å²) in [5.74, 6) is -0.456. The van der Waals surface area contributed by atoms with Gasteiger partial charge in [-0.25, -0.2) is 0 Å². The fraction of sp³-hybridized carbons (Fsp3) is 0.458. The molecule has 1 aromatic heterocycles. The van der Waals surface area contributed by atoms with E-state index >= 15 is 0 Å². The number of halogens is 3. The van der Waals surface area contributed by atoms with Gasteiger partial charge in [0.2, 0.25) is 11.8 Å². The molecule has 170 valence electrons. The van der Waals surface area contributed by atoms with Crippen molar-refractivity contribution in [1.82, 2.24) is 4.98 Å². The number of hydrogen-bond acceptors (Lipinski definition) is 3. The minimum absolute atomic E-state index is 0.000169. The highest BCUT2D eigenvalue weighted by atomic mass is 19.4. The summed E-state index contributed by atoms with van der Waals surface area (Å²) < 4.78 is 40.1. The van der Waals surface area contributed by atoms with Crippen molar-refractivity contribution in [3.63, 3.8) is 0 Å². The van der Waals surface area contributed by atoms with Crippen molar-refractivity contribution in [2.75, 3.05) is 16.8 Å². The van der Waals surface area contributed by atoms with Crippen molar-refractivity contribution < 1.29 is 22.8 Å². The van der Waals surface area contributed by atoms with Gasteiger partial charge in [0.05, 0.1) is 5.69 Å². The number of benzene rings is 1. The lowest BCUT2D eigenvalue weighted by Gasteiger charge is -2.29. The van der Waals surface area contributed by atoms with E-state index < -0.39 is 11.6 Å². The first-order valence-electron chi connectivity index (χ1n) is 10.8. The molecule has 8 heteroatoms. The molecule has 2 aromatic rings. The zero-order chi connectivity index (χ0) is 23.3. The first kappa shape index (κ1) is 22.3. The number of alkyl halides is 3. The lowest BCUT2D eigenvalue weighted by atomic mass is 9.83. The summed E-state index contributed by atoms with van der Waals surface area (Å²) >= 11 is 0. The first-order chi connectivity index (χ1) is 15.0. The number of aromatic nitrogens is 1. The second-order valence-electron chi connectivity index (χ2n) is 9.12. The van der Waals surface area contributed by atoms with Gasteiger partial charge in [-0.3, -0.25) is 14.6 Å². The Kier molecular flexibility index (Phi) is 5.51. The van der Waals surface area contributed by atoms with Gasteiger partial charge in [-0.05, 0) is 68.9 Å². The highest BCUT2D eigenvalue weighted by Crippen LogP contribution is 2.40. The molecular weight excluding hydrogens is 419 g/mol. The molecular formula is C24H26F3N3O2. The zero-order valence-corrected chi connectivity index (χ0v) is 18.3. The van der Waals surface area contributed by atoms with Gasteiger partial charge < -0.3 is 10.2 Å². The van der Waals surface area contributed by atoms with Crippen LogP contribution in [-0.4, -0.2) is 29.5 Å². The Hall–Kier alpha value is -2.90. The lowest BCUT2D eigenvalue weighted by molar-refractivity contribution is -0.181. The monoisotopic (exact) mass is 445 g/mol. The third-order valence-corrected chi connectivity index (χ3v) is 6.61. The van der Waals surface area contributed by atoms with Crippen LogP contribution in [0.25, 0.3) is 0 Å². The van der Waals surface area contributed by atoms with Crippen molar-refractivity contribution in [1.29, 1.82) is 0 Å². The van der Waals surface area contributed by atoms with Crippen LogP contribution in [0.15, 0.2) is 30.3 Å². The fourth-order valence-corrected chi connectivity index (χ4v) is 4.36. The summed E-state index contributed by atoms with van der Waals surface area (Å²) in [4.78, 5) is 30.7. The molecule has 1 atom stereocenters. The molecule has 0 bridgehead atoms. The van der Waals surface area contributed by atoms with Crippen molar-refractivity contribution in [2.24, 2.45) is 5.92 Å². The van der Waals surface area contributed by atoms with Gasteiger partial charge in [-0.2, -0.15) is 13.2 Å². The molecule has 32 heavy (non-hydrogen) atoms. The van der Waals surface area contributed by atoms with Gasteiger partial charge in [0.1, 0.15) is 5.41 Å². The first-order valence-corrected chi connectivity index (χ1v) is 10.8. The van der Waals surface area contributed by atoms with Gasteiger partial charge in [0, 0.05) is 36.5 Å². The number of hydrogen-bond donors (Lipinski definition) is 1. The van der Waals surface area contributed by atoms with Crippen LogP contribution in [0.2, 0.25) is 0 Å². The van der Waals surface area contributed by atoms with Crippen LogP contribution >= 0.6 is 0 Å². The molecule has 5 nitrogen and oxygen atoms in total. The molecule has 1 N–H and O–H groups in total. The largest absolute Gasteiger partial charge is 0.399 e. The fourth-order valence-electron chi connectivity index (χ4n) is 4.36. The maximum atomic E-state index is 13.4. The van der Waals surface area contributed by atoms with E-state index in [4.69, 9.17) is 0 Å². The Morgan fingerprint density at radius 1 is 1.09 bits per heavy atom. The molecule has 2 amide bonds. The Labute approximate surface area is 185 Å². The normalized spacial score (nSPS) is 18.2. The number of fused-ring (bicyclic) bond motifs is 2. The van der Waals surface area contributed by atoms with E-state index in [0.717, 1.165) is 37.1 Å². The van der Waals surface area contributed by atoms with Crippen molar-refractivity contribution in [2.45, 2.75) is 58.0 Å². The third-order valence-electron chi connectivity index (χ3n) is 6.61. The maximum Gasteiger partial charge on any atom is 0.399 e. The third kappa shape index (κ3) is 3.98. The molecule has 1 unspecified atom stereocenters. The van der Waals surface area contributed by atoms with Crippen molar-refractivity contribution in [3.8, 4) is 0 Å². The molecule has 0 radical (unpaired) electrons. The number of nitrogens with zero attached hydrogens (tertiary/aromatic N) is 2. The van der Waals surface area contributed by atoms with Gasteiger partial charge >= 0.3 is 6.18 Å². The van der Waals surface area contributed by atoms with Gasteiger partial charge in [-0.1, -0.05) is 12.1 Å². The molecule has 1 aliphatic heterocycles. The predicted molar refractivity (Wildman–Crippen MR) is 116 cm³/mol. The van der Waals surface area contributed by atoms with Gasteiger partial charge in [0.15, 0.2) is 0 Å². The summed E-state index contributed by atoms with van der Waals surface area (Å²) in [5, 5.41) is 2.94. The Morgan fingerprint density at radius 2 is 1.81 bits per heavy atom. The van der Waals surface area contributed by atoms with Crippen LogP contribution < -0.4 is 10.2 Å². The smallest absolute Gasteiger partial charge is 0.326 e. The summed E-state index contributed by atoms with van der Waals surface area (Å²) in [6.45, 7) is 4.42. The quantitative estimate of drug-likeness (QED) is 0.753. The van der Waals surface area contributed by atoms with E-state index in [9.17, 15) is 22.8 Å². The molecule has 4 rings (SSSR count). The topological polar surface area (TPSA) is 62.3 Å². The highest BCUT2D eigenvalue weighted by molar-refractivity contribution is 5.97. The Morgan fingerprint density at radius 3 is 2.50 bits per heavy atom. The zero-order valence-electron chi connectivity index (χ0n) is 18.3. The van der Waals surface area contributed by atoms with E-state index in [2.05, 4.69) is 10.3 Å². The van der Waals surface area contributed by atoms with E-state index in [1.165, 1.54) is 13.0 Å². The van der Waals surface area contributed by atoms with Gasteiger partial charge in [0.25, 0.3) is 0 Å². The number of carbonyl (C=O) groups excluding carboxylic acids is 2. The molecule has 1 aromatic carbocycles. The average Bonchev–Trinajstić information content (AvgIpc) is 3.15. The minimum Gasteiger partial charge on any atom is -0.326 e. The highest BCUT2D eigenvalue weighted by Gasteiger charge is 2.49. The summed E-state index contributed by atoms with van der Waals surface area (Å²) in [6.07, 6.45) is -2.18. The maximum absolute atomic E-state index is 13.4. The van der Waals surface area contributed by atoms with Crippen molar-refractivity contribution in [3.05, 3.63) is 52.8 Å². The molecule has 2 heterocycles. The molecule has 0 saturated heterocycles. The second-order valence-corrected chi connectivity index (χ2v) is 9.12. The predicted octanol–water partition coefficient (Wildman–Crippen LogP) is 4.57. The Balaban J connectivity index is 1.47. The number of rotatable bonds is 3. The molecule has 2 aliphatic rings. The number of aryl methyl sites for hydroxylation is 1. The van der Waals surface area contributed by atoms with E-state index in [1.807, 2.05) is 18.2 Å². The number of carbonyl (C=O) groups is 2. The number of amides is 2. The van der Waals surface area contributed by atoms with E-state index in [-0.39, 0.29) is 23.4 Å². The SMILES string of the molecule is CC(=O)N1CCc2ccc(NC(=O)C3CCc4nc(C(C)(C)C(F)(F)F)ccc4C3)cc21. The van der Waals surface area contributed by atoms with Crippen molar-refractivity contribution >= 4 is 23.2 Å². The molecule has 1 aliphatic carbocycles. The van der Waals surface area contributed by atoms with Crippen LogP contribution in [0.3, 0.4) is 0 Å². The standard InChI is InChI=1S/C24H26F3N3O2/c1-14(31)30-11-10-15-4-7-18(13-20(15)30)28-22(32)17-5-8-19-16(12-17)6-9-21(29-19)23(2,3)24(25,26)27/h4,6-7,9,13,17H,5,8,10-12H2,1-3H3,(H,28,32). The number of pyridine rings is 1. The molecule has 0 fully saturated rings. The van der Waals surface area contributed by atoms with Gasteiger partial charge in [-0.15, -0.1) is 0 Å². The average molecular weight is 445 g/mol. The number of nitrogens with one attached hydrogen (secondary N) is 1. The summed E-state index contributed by atoms with van der Waals surface area (Å²) in [7, 11) is 0. The van der Waals surface area contributed by atoms with E-state index in [0.29, 0.717) is 37.2 Å². The lowest BCUT2D eigenvalue weighted by Crippen LogP contribution is -2.38. The molecule has 0 saturated carbocycles. The molecule has 0 spiro atoms. The minimum atomic E-state index is -4.39.